The van der Waals surface area contributed by atoms with E-state index in [2.05, 4.69) is 39.6 Å². The second-order valence-corrected chi connectivity index (χ2v) is 5.01. The molecule has 0 amide bonds. The van der Waals surface area contributed by atoms with E-state index in [-0.39, 0.29) is 17.1 Å². The first-order valence-corrected chi connectivity index (χ1v) is 4.69. The van der Waals surface area contributed by atoms with Gasteiger partial charge in [0.15, 0.2) is 0 Å². The van der Waals surface area contributed by atoms with Crippen molar-refractivity contribution in [2.24, 2.45) is 5.41 Å². The van der Waals surface area contributed by atoms with Gasteiger partial charge in [-0.2, -0.15) is 0 Å². The maximum Gasteiger partial charge on any atom is 0.0620 e. The molecule has 1 heterocycles. The summed E-state index contributed by atoms with van der Waals surface area (Å²) >= 11 is 0. The normalized spacial score (nSPS) is 35.0. The second-order valence-electron chi connectivity index (χ2n) is 5.01. The van der Waals surface area contributed by atoms with Crippen LogP contribution in [0.2, 0.25) is 0 Å². The first-order chi connectivity index (χ1) is 5.30. The number of piperidine rings is 1. The van der Waals surface area contributed by atoms with Crippen molar-refractivity contribution in [3.63, 3.8) is 0 Å². The average Bonchev–Trinajstić information content (AvgIpc) is 1.96. The number of aliphatic hydroxyl groups excluding tert-OH is 1. The molecule has 1 N–H and O–H groups in total. The Labute approximate surface area is 75.6 Å². The Kier molecular flexibility index (Phi) is 2.26. The summed E-state index contributed by atoms with van der Waals surface area (Å²) in [7, 11) is 2.13. The largest absolute Gasteiger partial charge is 0.392 e. The van der Waals surface area contributed by atoms with Crippen LogP contribution in [0.1, 0.15) is 34.1 Å². The highest BCUT2D eigenvalue weighted by Crippen LogP contribution is 2.42. The highest BCUT2D eigenvalue weighted by Gasteiger charge is 2.47. The van der Waals surface area contributed by atoms with E-state index < -0.39 is 0 Å². The predicted molar refractivity (Wildman–Crippen MR) is 51.1 cm³/mol. The van der Waals surface area contributed by atoms with Crippen molar-refractivity contribution in [2.75, 3.05) is 13.6 Å². The number of likely N-dealkylation sites (tertiary alicyclic amines) is 1. The Morgan fingerprint density at radius 1 is 1.25 bits per heavy atom. The van der Waals surface area contributed by atoms with Gasteiger partial charge in [-0.05, 0) is 27.3 Å². The van der Waals surface area contributed by atoms with Crippen LogP contribution in [0.5, 0.6) is 0 Å². The Morgan fingerprint density at radius 3 is 2.17 bits per heavy atom. The molecule has 0 bridgehead atoms. The molecule has 72 valence electrons. The molecule has 1 fully saturated rings. The Bertz CT molecular complexity index is 155. The maximum atomic E-state index is 9.86. The third-order valence-electron chi connectivity index (χ3n) is 4.10. The van der Waals surface area contributed by atoms with Gasteiger partial charge in [0.2, 0.25) is 0 Å². The molecule has 1 unspecified atom stereocenters. The van der Waals surface area contributed by atoms with Gasteiger partial charge in [0.25, 0.3) is 0 Å². The molecule has 1 saturated heterocycles. The average molecular weight is 171 g/mol. The zero-order valence-corrected chi connectivity index (χ0v) is 8.89. The standard InChI is InChI=1S/C10H21NO/c1-9(2)8(12)6-7-11(5)10(9,3)4/h8,12H,6-7H2,1-5H3. The lowest BCUT2D eigenvalue weighted by atomic mass is 9.66. The Balaban J connectivity index is 2.92. The highest BCUT2D eigenvalue weighted by molar-refractivity contribution is 5.01. The molecule has 0 radical (unpaired) electrons. The minimum atomic E-state index is -0.163. The van der Waals surface area contributed by atoms with E-state index >= 15 is 0 Å². The molecule has 12 heavy (non-hydrogen) atoms. The van der Waals surface area contributed by atoms with Crippen LogP contribution in [0, 0.1) is 5.41 Å². The predicted octanol–water partition coefficient (Wildman–Crippen LogP) is 1.49. The molecule has 2 nitrogen and oxygen atoms in total. The van der Waals surface area contributed by atoms with Gasteiger partial charge >= 0.3 is 0 Å². The molecule has 0 saturated carbocycles. The van der Waals surface area contributed by atoms with E-state index in [1.807, 2.05) is 0 Å². The van der Waals surface area contributed by atoms with Crippen molar-refractivity contribution >= 4 is 0 Å². The first-order valence-electron chi connectivity index (χ1n) is 4.69. The number of aliphatic hydroxyl groups is 1. The molecule has 2 heteroatoms. The Morgan fingerprint density at radius 2 is 1.75 bits per heavy atom. The summed E-state index contributed by atoms with van der Waals surface area (Å²) < 4.78 is 0. The second kappa shape index (κ2) is 2.71. The van der Waals surface area contributed by atoms with Crippen LogP contribution in [0.3, 0.4) is 0 Å². The van der Waals surface area contributed by atoms with Crippen LogP contribution in [0.15, 0.2) is 0 Å². The number of hydrogen-bond donors (Lipinski definition) is 1. The number of nitrogens with zero attached hydrogens (tertiary/aromatic N) is 1. The fourth-order valence-corrected chi connectivity index (χ4v) is 1.86. The zero-order valence-electron chi connectivity index (χ0n) is 8.89. The van der Waals surface area contributed by atoms with Crippen LogP contribution in [0.25, 0.3) is 0 Å². The fourth-order valence-electron chi connectivity index (χ4n) is 1.86. The quantitative estimate of drug-likeness (QED) is 0.597. The molecule has 0 aromatic carbocycles. The molecule has 1 rings (SSSR count). The van der Waals surface area contributed by atoms with Crippen molar-refractivity contribution in [3.8, 4) is 0 Å². The van der Waals surface area contributed by atoms with E-state index in [1.165, 1.54) is 0 Å². The topological polar surface area (TPSA) is 23.5 Å². The van der Waals surface area contributed by atoms with Crippen molar-refractivity contribution in [1.82, 2.24) is 4.90 Å². The van der Waals surface area contributed by atoms with Crippen LogP contribution in [-0.4, -0.2) is 35.2 Å². The van der Waals surface area contributed by atoms with Crippen molar-refractivity contribution in [1.29, 1.82) is 0 Å². The minimum Gasteiger partial charge on any atom is -0.392 e. The van der Waals surface area contributed by atoms with Gasteiger partial charge in [-0.25, -0.2) is 0 Å². The first kappa shape index (κ1) is 10.0. The molecule has 1 aliphatic heterocycles. The van der Waals surface area contributed by atoms with Crippen LogP contribution in [0.4, 0.5) is 0 Å². The minimum absolute atomic E-state index is 0.0139. The highest BCUT2D eigenvalue weighted by atomic mass is 16.3. The number of rotatable bonds is 0. The lowest BCUT2D eigenvalue weighted by Gasteiger charge is -2.54. The van der Waals surface area contributed by atoms with Crippen LogP contribution >= 0.6 is 0 Å². The molecule has 0 aromatic rings. The zero-order chi connectivity index (χ0) is 9.57. The molecular weight excluding hydrogens is 150 g/mol. The molecular formula is C10H21NO. The fraction of sp³-hybridized carbons (Fsp3) is 1.00. The van der Waals surface area contributed by atoms with Crippen LogP contribution < -0.4 is 0 Å². The Hall–Kier alpha value is -0.0800. The summed E-state index contributed by atoms with van der Waals surface area (Å²) in [4.78, 5) is 2.33. The third-order valence-corrected chi connectivity index (χ3v) is 4.10. The number of hydrogen-bond acceptors (Lipinski definition) is 2. The van der Waals surface area contributed by atoms with Gasteiger partial charge in [0.05, 0.1) is 6.10 Å². The van der Waals surface area contributed by atoms with Gasteiger partial charge in [-0.3, -0.25) is 0 Å². The van der Waals surface area contributed by atoms with Crippen molar-refractivity contribution in [3.05, 3.63) is 0 Å². The summed E-state index contributed by atoms with van der Waals surface area (Å²) in [5.41, 5.74) is 0.0741. The van der Waals surface area contributed by atoms with Gasteiger partial charge < -0.3 is 10.0 Å². The molecule has 0 aliphatic carbocycles. The molecule has 1 aliphatic rings. The lowest BCUT2D eigenvalue weighted by Crippen LogP contribution is -2.61. The van der Waals surface area contributed by atoms with Crippen LogP contribution in [-0.2, 0) is 0 Å². The smallest absolute Gasteiger partial charge is 0.0620 e. The third kappa shape index (κ3) is 1.17. The lowest BCUT2D eigenvalue weighted by molar-refractivity contribution is -0.103. The summed E-state index contributed by atoms with van der Waals surface area (Å²) in [5, 5.41) is 9.86. The summed E-state index contributed by atoms with van der Waals surface area (Å²) in [6.45, 7) is 9.70. The molecule has 0 aromatic heterocycles. The maximum absolute atomic E-state index is 9.86. The van der Waals surface area contributed by atoms with Gasteiger partial charge in [-0.1, -0.05) is 13.8 Å². The van der Waals surface area contributed by atoms with E-state index in [0.717, 1.165) is 13.0 Å². The van der Waals surface area contributed by atoms with Crippen molar-refractivity contribution in [2.45, 2.75) is 45.8 Å². The monoisotopic (exact) mass is 171 g/mol. The van der Waals surface area contributed by atoms with Gasteiger partial charge in [0, 0.05) is 17.5 Å². The van der Waals surface area contributed by atoms with E-state index in [4.69, 9.17) is 0 Å². The molecule has 0 spiro atoms. The molecule has 1 atom stereocenters. The van der Waals surface area contributed by atoms with E-state index in [0.29, 0.717) is 0 Å². The van der Waals surface area contributed by atoms with E-state index in [1.54, 1.807) is 0 Å². The van der Waals surface area contributed by atoms with Gasteiger partial charge in [-0.15, -0.1) is 0 Å². The van der Waals surface area contributed by atoms with E-state index in [9.17, 15) is 5.11 Å². The SMILES string of the molecule is CN1CCC(O)C(C)(C)C1(C)C. The summed E-state index contributed by atoms with van der Waals surface area (Å²) in [6.07, 6.45) is 0.733. The van der Waals surface area contributed by atoms with Crippen molar-refractivity contribution < 1.29 is 5.11 Å². The summed E-state index contributed by atoms with van der Waals surface area (Å²) in [6, 6.07) is 0. The summed E-state index contributed by atoms with van der Waals surface area (Å²) in [5.74, 6) is 0. The van der Waals surface area contributed by atoms with Gasteiger partial charge in [0.1, 0.15) is 0 Å².